The van der Waals surface area contributed by atoms with Crippen molar-refractivity contribution in [2.24, 2.45) is 10.8 Å². The number of hydrazone groups is 1. The summed E-state index contributed by atoms with van der Waals surface area (Å²) in [5, 5.41) is 5.18. The Bertz CT molecular complexity index is 1060. The van der Waals surface area contributed by atoms with E-state index in [1.165, 1.54) is 13.3 Å². The number of methoxy groups -OCH3 is 1. The Hall–Kier alpha value is -3.52. The number of hydrogen-bond acceptors (Lipinski definition) is 6. The van der Waals surface area contributed by atoms with Crippen molar-refractivity contribution in [1.82, 2.24) is 5.43 Å². The number of hydrogen-bond donors (Lipinski definition) is 2. The number of nitrogens with one attached hydrogen (secondary N) is 1. The monoisotopic (exact) mass is 401 g/mol. The van der Waals surface area contributed by atoms with Crippen LogP contribution in [0.25, 0.3) is 11.0 Å². The van der Waals surface area contributed by atoms with Crippen molar-refractivity contribution in [3.8, 4) is 11.5 Å². The molecule has 0 aliphatic heterocycles. The molecule has 3 N–H and O–H groups in total. The smallest absolute Gasteiger partial charge is 0.307 e. The number of primary amides is 1. The maximum absolute atomic E-state index is 12.2. The number of amides is 2. The number of halogens is 1. The summed E-state index contributed by atoms with van der Waals surface area (Å²) >= 11 is 5.92. The number of ether oxygens (including phenoxy) is 2. The summed E-state index contributed by atoms with van der Waals surface area (Å²) in [5.41, 5.74) is 8.63. The third-order valence-electron chi connectivity index (χ3n) is 3.64. The summed E-state index contributed by atoms with van der Waals surface area (Å²) in [6.45, 7) is -0.261. The van der Waals surface area contributed by atoms with Gasteiger partial charge < -0.3 is 19.6 Å². The third-order valence-corrected chi connectivity index (χ3v) is 3.87. The number of furan rings is 1. The minimum absolute atomic E-state index is 0.113. The molecular formula is C19H16ClN3O5. The second-order valence-corrected chi connectivity index (χ2v) is 6.09. The second kappa shape index (κ2) is 8.45. The Kier molecular flexibility index (Phi) is 5.81. The van der Waals surface area contributed by atoms with Crippen LogP contribution >= 0.6 is 11.6 Å². The topological polar surface area (TPSA) is 116 Å². The van der Waals surface area contributed by atoms with Crippen LogP contribution in [-0.4, -0.2) is 31.7 Å². The molecule has 0 fully saturated rings. The van der Waals surface area contributed by atoms with E-state index in [0.29, 0.717) is 27.7 Å². The number of rotatable bonds is 7. The van der Waals surface area contributed by atoms with Crippen molar-refractivity contribution < 1.29 is 23.5 Å². The van der Waals surface area contributed by atoms with Crippen LogP contribution in [0.2, 0.25) is 5.02 Å². The van der Waals surface area contributed by atoms with Crippen molar-refractivity contribution >= 4 is 40.6 Å². The highest BCUT2D eigenvalue weighted by Gasteiger charge is 2.12. The van der Waals surface area contributed by atoms with E-state index in [-0.39, 0.29) is 12.4 Å². The van der Waals surface area contributed by atoms with E-state index >= 15 is 0 Å². The zero-order valence-corrected chi connectivity index (χ0v) is 15.5. The summed E-state index contributed by atoms with van der Waals surface area (Å²) in [7, 11) is 1.46. The molecule has 0 bridgehead atoms. The summed E-state index contributed by atoms with van der Waals surface area (Å²) in [5.74, 6) is -0.225. The molecule has 0 radical (unpaired) electrons. The highest BCUT2D eigenvalue weighted by molar-refractivity contribution is 6.31. The first-order valence-electron chi connectivity index (χ1n) is 8.08. The number of nitrogens with zero attached hydrogens (tertiary/aromatic N) is 1. The molecule has 2 aromatic carbocycles. The molecule has 3 rings (SSSR count). The SMILES string of the molecule is COc1cc(/C=N/NC(=O)c2cc3cc(Cl)ccc3o2)ccc1OCC(N)=O. The van der Waals surface area contributed by atoms with Gasteiger partial charge in [0.1, 0.15) is 5.58 Å². The lowest BCUT2D eigenvalue weighted by atomic mass is 10.2. The van der Waals surface area contributed by atoms with Gasteiger partial charge in [0.25, 0.3) is 5.91 Å². The molecule has 3 aromatic rings. The second-order valence-electron chi connectivity index (χ2n) is 5.66. The Morgan fingerprint density at radius 1 is 1.21 bits per heavy atom. The fourth-order valence-electron chi connectivity index (χ4n) is 2.38. The standard InChI is InChI=1S/C19H16ClN3O5/c1-26-16-6-11(2-4-15(16)27-10-18(21)24)9-22-23-19(25)17-8-12-7-13(20)3-5-14(12)28-17/h2-9H,10H2,1H3,(H2,21,24)(H,23,25)/b22-9+. The molecule has 144 valence electrons. The molecule has 0 saturated carbocycles. The minimum atomic E-state index is -0.594. The van der Waals surface area contributed by atoms with Crippen LogP contribution in [-0.2, 0) is 4.79 Å². The lowest BCUT2D eigenvalue weighted by Gasteiger charge is -2.09. The Labute approximate surface area is 164 Å². The minimum Gasteiger partial charge on any atom is -0.493 e. The summed E-state index contributed by atoms with van der Waals surface area (Å²) in [4.78, 5) is 23.0. The normalized spacial score (nSPS) is 10.9. The van der Waals surface area contributed by atoms with E-state index in [1.54, 1.807) is 42.5 Å². The number of nitrogens with two attached hydrogens (primary N) is 1. The first-order valence-corrected chi connectivity index (χ1v) is 8.45. The Morgan fingerprint density at radius 3 is 2.79 bits per heavy atom. The molecule has 0 aliphatic rings. The maximum atomic E-state index is 12.2. The maximum Gasteiger partial charge on any atom is 0.307 e. The van der Waals surface area contributed by atoms with Crippen LogP contribution in [0.15, 0.2) is 52.0 Å². The third kappa shape index (κ3) is 4.60. The molecule has 28 heavy (non-hydrogen) atoms. The molecule has 1 aromatic heterocycles. The van der Waals surface area contributed by atoms with Gasteiger partial charge in [-0.15, -0.1) is 0 Å². The van der Waals surface area contributed by atoms with Crippen LogP contribution in [0.3, 0.4) is 0 Å². The van der Waals surface area contributed by atoms with E-state index in [1.807, 2.05) is 0 Å². The van der Waals surface area contributed by atoms with Crippen LogP contribution in [0, 0.1) is 0 Å². The van der Waals surface area contributed by atoms with Crippen molar-refractivity contribution in [3.05, 3.63) is 58.8 Å². The summed E-state index contributed by atoms with van der Waals surface area (Å²) in [6, 6.07) is 11.6. The highest BCUT2D eigenvalue weighted by Crippen LogP contribution is 2.27. The van der Waals surface area contributed by atoms with Crippen LogP contribution in [0.4, 0.5) is 0 Å². The highest BCUT2D eigenvalue weighted by atomic mass is 35.5. The molecule has 0 unspecified atom stereocenters. The van der Waals surface area contributed by atoms with Gasteiger partial charge in [-0.3, -0.25) is 9.59 Å². The van der Waals surface area contributed by atoms with E-state index in [4.69, 9.17) is 31.2 Å². The Balaban J connectivity index is 1.67. The zero-order valence-electron chi connectivity index (χ0n) is 14.8. The van der Waals surface area contributed by atoms with Gasteiger partial charge in [0, 0.05) is 10.4 Å². The van der Waals surface area contributed by atoms with Gasteiger partial charge in [-0.2, -0.15) is 5.10 Å². The van der Waals surface area contributed by atoms with Crippen molar-refractivity contribution in [2.75, 3.05) is 13.7 Å². The molecule has 0 aliphatic carbocycles. The molecule has 9 heteroatoms. The lowest BCUT2D eigenvalue weighted by Crippen LogP contribution is -2.20. The first-order chi connectivity index (χ1) is 13.5. The number of fused-ring (bicyclic) bond motifs is 1. The van der Waals surface area contributed by atoms with Gasteiger partial charge in [0.2, 0.25) is 0 Å². The van der Waals surface area contributed by atoms with Crippen molar-refractivity contribution in [1.29, 1.82) is 0 Å². The van der Waals surface area contributed by atoms with Crippen molar-refractivity contribution in [2.45, 2.75) is 0 Å². The van der Waals surface area contributed by atoms with Crippen molar-refractivity contribution in [3.63, 3.8) is 0 Å². The van der Waals surface area contributed by atoms with E-state index in [2.05, 4.69) is 10.5 Å². The number of benzene rings is 2. The van der Waals surface area contributed by atoms with Crippen LogP contribution in [0.5, 0.6) is 11.5 Å². The summed E-state index contributed by atoms with van der Waals surface area (Å²) in [6.07, 6.45) is 1.43. The van der Waals surface area contributed by atoms with Gasteiger partial charge in [-0.1, -0.05) is 11.6 Å². The van der Waals surface area contributed by atoms with Gasteiger partial charge in [-0.25, -0.2) is 5.43 Å². The lowest BCUT2D eigenvalue weighted by molar-refractivity contribution is -0.119. The average molecular weight is 402 g/mol. The Morgan fingerprint density at radius 2 is 2.04 bits per heavy atom. The molecule has 8 nitrogen and oxygen atoms in total. The zero-order chi connectivity index (χ0) is 20.1. The molecule has 0 saturated heterocycles. The van der Waals surface area contributed by atoms with E-state index in [0.717, 1.165) is 5.39 Å². The fourth-order valence-corrected chi connectivity index (χ4v) is 2.56. The largest absolute Gasteiger partial charge is 0.493 e. The first kappa shape index (κ1) is 19.2. The molecule has 0 atom stereocenters. The average Bonchev–Trinajstić information content (AvgIpc) is 3.09. The quantitative estimate of drug-likeness (QED) is 0.466. The van der Waals surface area contributed by atoms with Gasteiger partial charge in [0.15, 0.2) is 23.9 Å². The molecule has 2 amide bonds. The van der Waals surface area contributed by atoms with Gasteiger partial charge >= 0.3 is 5.91 Å². The molecular weight excluding hydrogens is 386 g/mol. The predicted molar refractivity (Wildman–Crippen MR) is 104 cm³/mol. The molecule has 1 heterocycles. The predicted octanol–water partition coefficient (Wildman–Crippen LogP) is 2.72. The van der Waals surface area contributed by atoms with Crippen LogP contribution < -0.4 is 20.6 Å². The van der Waals surface area contributed by atoms with E-state index < -0.39 is 11.8 Å². The van der Waals surface area contributed by atoms with Gasteiger partial charge in [-0.05, 0) is 48.0 Å². The van der Waals surface area contributed by atoms with E-state index in [9.17, 15) is 9.59 Å². The number of carbonyl (C=O) groups is 2. The summed E-state index contributed by atoms with van der Waals surface area (Å²) < 4.78 is 15.9. The van der Waals surface area contributed by atoms with Gasteiger partial charge in [0.05, 0.1) is 13.3 Å². The fraction of sp³-hybridized carbons (Fsp3) is 0.105. The van der Waals surface area contributed by atoms with Crippen LogP contribution in [0.1, 0.15) is 16.1 Å². The molecule has 0 spiro atoms. The number of carbonyl (C=O) groups excluding carboxylic acids is 2.